The maximum Gasteiger partial charge on any atom is 0.0469 e. The second kappa shape index (κ2) is 5.23. The fourth-order valence-electron chi connectivity index (χ4n) is 2.49. The van der Waals surface area contributed by atoms with Crippen molar-refractivity contribution in [1.82, 2.24) is 9.88 Å². The third-order valence-electron chi connectivity index (χ3n) is 3.79. The molecular formula is C14H22N2O. The van der Waals surface area contributed by atoms with Crippen LogP contribution in [0.1, 0.15) is 31.2 Å². The van der Waals surface area contributed by atoms with E-state index in [0.29, 0.717) is 0 Å². The van der Waals surface area contributed by atoms with Crippen molar-refractivity contribution >= 4 is 0 Å². The third-order valence-corrected chi connectivity index (χ3v) is 3.79. The fourth-order valence-corrected chi connectivity index (χ4v) is 2.49. The van der Waals surface area contributed by atoms with Gasteiger partial charge in [0.1, 0.15) is 0 Å². The van der Waals surface area contributed by atoms with Gasteiger partial charge in [0.05, 0.1) is 0 Å². The lowest BCUT2D eigenvalue weighted by molar-refractivity contribution is 0.0613. The summed E-state index contributed by atoms with van der Waals surface area (Å²) in [6.45, 7) is 4.09. The summed E-state index contributed by atoms with van der Waals surface area (Å²) in [5.74, 6) is 0.806. The minimum absolute atomic E-state index is 0.800. The van der Waals surface area contributed by atoms with Crippen molar-refractivity contribution in [3.63, 3.8) is 0 Å². The molecule has 3 heteroatoms. The van der Waals surface area contributed by atoms with Crippen molar-refractivity contribution in [2.45, 2.75) is 44.8 Å². The minimum atomic E-state index is 0.800. The maximum absolute atomic E-state index is 5.40. The molecule has 0 atom stereocenters. The molecule has 2 aliphatic rings. The van der Waals surface area contributed by atoms with E-state index in [9.17, 15) is 0 Å². The quantitative estimate of drug-likeness (QED) is 0.845. The van der Waals surface area contributed by atoms with Crippen molar-refractivity contribution < 1.29 is 4.74 Å². The Hall–Kier alpha value is -0.800. The van der Waals surface area contributed by atoms with E-state index in [0.717, 1.165) is 38.3 Å². The zero-order chi connectivity index (χ0) is 11.5. The predicted octanol–water partition coefficient (Wildman–Crippen LogP) is 2.17. The molecule has 2 heterocycles. The summed E-state index contributed by atoms with van der Waals surface area (Å²) < 4.78 is 7.74. The molecule has 1 N–H and O–H groups in total. The van der Waals surface area contributed by atoms with E-state index >= 15 is 0 Å². The zero-order valence-corrected chi connectivity index (χ0v) is 10.4. The van der Waals surface area contributed by atoms with Crippen molar-refractivity contribution in [3.8, 4) is 0 Å². The summed E-state index contributed by atoms with van der Waals surface area (Å²) in [6, 6.07) is 3.04. The van der Waals surface area contributed by atoms with Gasteiger partial charge in [-0.25, -0.2) is 0 Å². The lowest BCUT2D eigenvalue weighted by atomic mass is 10.0. The van der Waals surface area contributed by atoms with Crippen LogP contribution in [0.5, 0.6) is 0 Å². The number of ether oxygens (including phenoxy) is 1. The van der Waals surface area contributed by atoms with Gasteiger partial charge in [-0.15, -0.1) is 0 Å². The van der Waals surface area contributed by atoms with Gasteiger partial charge in [-0.1, -0.05) is 0 Å². The molecule has 1 aliphatic carbocycles. The Morgan fingerprint density at radius 1 is 1.24 bits per heavy atom. The summed E-state index contributed by atoms with van der Waals surface area (Å²) in [6.07, 6.45) is 9.68. The Balaban J connectivity index is 1.48. The molecule has 1 saturated carbocycles. The first-order valence-corrected chi connectivity index (χ1v) is 6.86. The smallest absolute Gasteiger partial charge is 0.0469 e. The molecule has 0 unspecified atom stereocenters. The molecule has 0 radical (unpaired) electrons. The number of nitrogens with one attached hydrogen (secondary N) is 1. The molecule has 94 valence electrons. The molecule has 2 fully saturated rings. The van der Waals surface area contributed by atoms with Crippen molar-refractivity contribution in [2.24, 2.45) is 5.92 Å². The van der Waals surface area contributed by atoms with Crippen LogP contribution in [-0.4, -0.2) is 23.8 Å². The standard InChI is InChI=1S/C14H22N2O/c1-2-14(1)15-9-13-3-6-16(11-13)10-12-4-7-17-8-5-12/h3,6,11-12,14-15H,1-2,4-5,7-10H2. The predicted molar refractivity (Wildman–Crippen MR) is 67.8 cm³/mol. The maximum atomic E-state index is 5.40. The molecule has 1 aliphatic heterocycles. The van der Waals surface area contributed by atoms with Gasteiger partial charge in [-0.2, -0.15) is 0 Å². The van der Waals surface area contributed by atoms with Crippen molar-refractivity contribution in [3.05, 3.63) is 24.0 Å². The summed E-state index contributed by atoms with van der Waals surface area (Å²) >= 11 is 0. The lowest BCUT2D eigenvalue weighted by Crippen LogP contribution is -2.19. The van der Waals surface area contributed by atoms with Crippen LogP contribution in [0.3, 0.4) is 0 Å². The number of hydrogen-bond donors (Lipinski definition) is 1. The van der Waals surface area contributed by atoms with E-state index in [-0.39, 0.29) is 0 Å². The van der Waals surface area contributed by atoms with E-state index < -0.39 is 0 Å². The van der Waals surface area contributed by atoms with Gasteiger partial charge in [0.2, 0.25) is 0 Å². The third kappa shape index (κ3) is 3.33. The average Bonchev–Trinajstić information content (AvgIpc) is 3.09. The Labute approximate surface area is 103 Å². The Morgan fingerprint density at radius 2 is 2.06 bits per heavy atom. The van der Waals surface area contributed by atoms with Crippen molar-refractivity contribution in [2.75, 3.05) is 13.2 Å². The van der Waals surface area contributed by atoms with E-state index in [1.807, 2.05) is 0 Å². The molecule has 0 amide bonds. The van der Waals surface area contributed by atoms with Crippen molar-refractivity contribution in [1.29, 1.82) is 0 Å². The number of rotatable bonds is 5. The highest BCUT2D eigenvalue weighted by Crippen LogP contribution is 2.20. The average molecular weight is 234 g/mol. The summed E-state index contributed by atoms with van der Waals surface area (Å²) in [5.41, 5.74) is 1.42. The monoisotopic (exact) mass is 234 g/mol. The Kier molecular flexibility index (Phi) is 3.48. The second-order valence-electron chi connectivity index (χ2n) is 5.43. The van der Waals surface area contributed by atoms with Gasteiger partial charge in [0.15, 0.2) is 0 Å². The summed E-state index contributed by atoms with van der Waals surface area (Å²) in [4.78, 5) is 0. The van der Waals surface area contributed by atoms with Gasteiger partial charge in [-0.05, 0) is 43.2 Å². The van der Waals surface area contributed by atoms with Crippen LogP contribution in [0.25, 0.3) is 0 Å². The molecule has 1 aromatic rings. The van der Waals surface area contributed by atoms with Crippen LogP contribution in [0.2, 0.25) is 0 Å². The fraction of sp³-hybridized carbons (Fsp3) is 0.714. The highest BCUT2D eigenvalue weighted by Gasteiger charge is 2.20. The molecule has 3 nitrogen and oxygen atoms in total. The van der Waals surface area contributed by atoms with Crippen LogP contribution < -0.4 is 5.32 Å². The topological polar surface area (TPSA) is 26.2 Å². The molecule has 0 aromatic carbocycles. The van der Waals surface area contributed by atoms with Crippen LogP contribution in [-0.2, 0) is 17.8 Å². The largest absolute Gasteiger partial charge is 0.381 e. The number of nitrogens with zero attached hydrogens (tertiary/aromatic N) is 1. The van der Waals surface area contributed by atoms with E-state index in [1.165, 1.54) is 31.2 Å². The van der Waals surface area contributed by atoms with Crippen LogP contribution in [0.4, 0.5) is 0 Å². The van der Waals surface area contributed by atoms with Gasteiger partial charge < -0.3 is 14.6 Å². The molecule has 0 spiro atoms. The molecule has 1 aromatic heterocycles. The summed E-state index contributed by atoms with van der Waals surface area (Å²) in [5, 5.41) is 3.56. The van der Waals surface area contributed by atoms with E-state index in [2.05, 4.69) is 28.3 Å². The zero-order valence-electron chi connectivity index (χ0n) is 10.4. The SMILES string of the molecule is c1cn(CC2CCOCC2)cc1CNC1CC1. The van der Waals surface area contributed by atoms with Crippen LogP contribution in [0.15, 0.2) is 18.5 Å². The highest BCUT2D eigenvalue weighted by molar-refractivity contribution is 5.10. The molecular weight excluding hydrogens is 212 g/mol. The Bertz CT molecular complexity index is 351. The molecule has 17 heavy (non-hydrogen) atoms. The first kappa shape index (κ1) is 11.3. The first-order chi connectivity index (χ1) is 8.40. The molecule has 1 saturated heterocycles. The highest BCUT2D eigenvalue weighted by atomic mass is 16.5. The number of aromatic nitrogens is 1. The van der Waals surface area contributed by atoms with Gasteiger partial charge in [-0.3, -0.25) is 0 Å². The molecule has 0 bridgehead atoms. The van der Waals surface area contributed by atoms with Gasteiger partial charge in [0, 0.05) is 44.7 Å². The lowest BCUT2D eigenvalue weighted by Gasteiger charge is -2.22. The van der Waals surface area contributed by atoms with Crippen LogP contribution >= 0.6 is 0 Å². The molecule has 3 rings (SSSR count). The number of hydrogen-bond acceptors (Lipinski definition) is 2. The van der Waals surface area contributed by atoms with E-state index in [1.54, 1.807) is 0 Å². The summed E-state index contributed by atoms with van der Waals surface area (Å²) in [7, 11) is 0. The first-order valence-electron chi connectivity index (χ1n) is 6.86. The minimum Gasteiger partial charge on any atom is -0.381 e. The van der Waals surface area contributed by atoms with E-state index in [4.69, 9.17) is 4.74 Å². The normalized spacial score (nSPS) is 21.9. The Morgan fingerprint density at radius 3 is 2.82 bits per heavy atom. The van der Waals surface area contributed by atoms with Gasteiger partial charge >= 0.3 is 0 Å². The second-order valence-corrected chi connectivity index (χ2v) is 5.43. The van der Waals surface area contributed by atoms with Crippen LogP contribution in [0, 0.1) is 5.92 Å². The van der Waals surface area contributed by atoms with Gasteiger partial charge in [0.25, 0.3) is 0 Å².